The smallest absolute Gasteiger partial charge is 0.0754 e. The fourth-order valence-corrected chi connectivity index (χ4v) is 13.9. The zero-order valence-electron chi connectivity index (χ0n) is 37.0. The Morgan fingerprint density at radius 1 is 0.500 bits per heavy atom. The fraction of sp³-hybridized carbons (Fsp3) is 0.0312. The van der Waals surface area contributed by atoms with Gasteiger partial charge >= 0.3 is 0 Å². The summed E-state index contributed by atoms with van der Waals surface area (Å²) < 4.78 is 2.58. The molecule has 0 radical (unpaired) electrons. The van der Waals surface area contributed by atoms with Crippen LogP contribution in [0, 0.1) is 0 Å². The van der Waals surface area contributed by atoms with E-state index in [2.05, 4.69) is 252 Å². The van der Waals surface area contributed by atoms with Gasteiger partial charge in [0.2, 0.25) is 0 Å². The Morgan fingerprint density at radius 3 is 1.94 bits per heavy atom. The number of benzene rings is 10. The molecule has 4 heteroatoms. The van der Waals surface area contributed by atoms with Crippen LogP contribution < -0.4 is 9.80 Å². The topological polar surface area (TPSA) is 6.48 Å². The van der Waals surface area contributed by atoms with Crippen LogP contribution in [0.2, 0.25) is 0 Å². The molecule has 0 fully saturated rings. The van der Waals surface area contributed by atoms with E-state index in [1.165, 1.54) is 108 Å². The second kappa shape index (κ2) is 15.6. The molecule has 1 unspecified atom stereocenters. The summed E-state index contributed by atoms with van der Waals surface area (Å²) in [5.74, 6) is 0. The Morgan fingerprint density at radius 2 is 1.13 bits per heavy atom. The second-order valence-corrected chi connectivity index (χ2v) is 20.1. The molecule has 0 amide bonds. The van der Waals surface area contributed by atoms with Gasteiger partial charge in [0.05, 0.1) is 32.9 Å². The summed E-state index contributed by atoms with van der Waals surface area (Å²) in [6.07, 6.45) is 3.21. The molecular formula is C64H42N2S2. The van der Waals surface area contributed by atoms with Crippen LogP contribution in [0.5, 0.6) is 0 Å². The van der Waals surface area contributed by atoms with Gasteiger partial charge in [-0.25, -0.2) is 0 Å². The Bertz CT molecular complexity index is 3780. The van der Waals surface area contributed by atoms with Gasteiger partial charge in [0.1, 0.15) is 0 Å². The summed E-state index contributed by atoms with van der Waals surface area (Å²) in [6.45, 7) is 0. The quantitative estimate of drug-likeness (QED) is 0.147. The van der Waals surface area contributed by atoms with Gasteiger partial charge in [-0.3, -0.25) is 0 Å². The first-order valence-electron chi connectivity index (χ1n) is 23.4. The standard InChI is InChI=1S/C64H42N2S2/c1-4-19-42(20-5-1)39-44(40-43-37-38-48-49-27-17-34-57(63(49)68-60(48)41-43)65(45-21-6-2-7-22-45)46-23-8-3-9-24-46)47-26-16-30-53-61(47)50-25-10-11-28-51(50)64(53)52-29-12-13-32-55(52)66-56-33-14-15-35-58(56)67-59-36-18-31-54(64)62(59)66/h1-39,41H,40H2/b44-39-. The van der Waals surface area contributed by atoms with Crippen LogP contribution in [0.1, 0.15) is 38.9 Å². The number of anilines is 6. The van der Waals surface area contributed by atoms with Crippen LogP contribution in [0.15, 0.2) is 246 Å². The third-order valence-electron chi connectivity index (χ3n) is 14.3. The lowest BCUT2D eigenvalue weighted by molar-refractivity contribution is 0.746. The molecule has 0 saturated carbocycles. The van der Waals surface area contributed by atoms with Gasteiger partial charge in [-0.05, 0) is 123 Å². The van der Waals surface area contributed by atoms with E-state index in [1.54, 1.807) is 0 Å². The molecule has 0 N–H and O–H groups in total. The van der Waals surface area contributed by atoms with Crippen molar-refractivity contribution < 1.29 is 0 Å². The van der Waals surface area contributed by atoms with Gasteiger partial charge in [0, 0.05) is 36.6 Å². The van der Waals surface area contributed by atoms with E-state index in [1.807, 2.05) is 23.1 Å². The first kappa shape index (κ1) is 39.3. The zero-order valence-corrected chi connectivity index (χ0v) is 38.6. The summed E-state index contributed by atoms with van der Waals surface area (Å²) in [5, 5.41) is 2.57. The van der Waals surface area contributed by atoms with E-state index in [0.29, 0.717) is 0 Å². The molecule has 0 bridgehead atoms. The van der Waals surface area contributed by atoms with Crippen molar-refractivity contribution in [1.82, 2.24) is 0 Å². The van der Waals surface area contributed by atoms with E-state index in [0.717, 1.165) is 17.8 Å². The first-order chi connectivity index (χ1) is 33.7. The number of allylic oxidation sites excluding steroid dienone is 1. The minimum Gasteiger partial charge on any atom is -0.309 e. The van der Waals surface area contributed by atoms with E-state index < -0.39 is 5.41 Å². The number of para-hydroxylation sites is 5. The number of thiophene rings is 1. The normalized spacial score (nSPS) is 15.2. The molecule has 68 heavy (non-hydrogen) atoms. The van der Waals surface area contributed by atoms with Crippen LogP contribution in [-0.4, -0.2) is 0 Å². The van der Waals surface area contributed by atoms with Crippen LogP contribution in [-0.2, 0) is 11.8 Å². The van der Waals surface area contributed by atoms with Gasteiger partial charge in [-0.1, -0.05) is 194 Å². The van der Waals surface area contributed by atoms with Crippen molar-refractivity contribution in [3.8, 4) is 11.1 Å². The minimum absolute atomic E-state index is 0.522. The van der Waals surface area contributed by atoms with E-state index in [-0.39, 0.29) is 0 Å². The molecular weight excluding hydrogens is 861 g/mol. The second-order valence-electron chi connectivity index (χ2n) is 17.9. The monoisotopic (exact) mass is 902 g/mol. The molecule has 14 rings (SSSR count). The first-order valence-corrected chi connectivity index (χ1v) is 25.0. The summed E-state index contributed by atoms with van der Waals surface area (Å²) in [4.78, 5) is 7.50. The van der Waals surface area contributed by atoms with E-state index in [9.17, 15) is 0 Å². The number of hydrogen-bond acceptors (Lipinski definition) is 4. The van der Waals surface area contributed by atoms with Crippen molar-refractivity contribution in [2.24, 2.45) is 0 Å². The highest BCUT2D eigenvalue weighted by Gasteiger charge is 2.53. The maximum atomic E-state index is 2.54. The lowest BCUT2D eigenvalue weighted by Gasteiger charge is -2.47. The maximum absolute atomic E-state index is 2.54. The highest BCUT2D eigenvalue weighted by molar-refractivity contribution is 7.99. The van der Waals surface area contributed by atoms with Crippen molar-refractivity contribution in [3.05, 3.63) is 276 Å². The van der Waals surface area contributed by atoms with Crippen molar-refractivity contribution in [3.63, 3.8) is 0 Å². The molecule has 2 aliphatic heterocycles. The predicted octanol–water partition coefficient (Wildman–Crippen LogP) is 17.9. The SMILES string of the molecule is C(=C(\Cc1ccc2c(c1)sc1c(N(c3ccccc3)c3ccccc3)cccc12)c1cccc2c1-c1ccccc1C21c2ccccc2N2c3ccccc3Sc3cccc1c32)/c1ccccc1. The molecule has 1 aliphatic carbocycles. The van der Waals surface area contributed by atoms with Gasteiger partial charge in [0.15, 0.2) is 0 Å². The highest BCUT2D eigenvalue weighted by Crippen LogP contribution is 2.67. The van der Waals surface area contributed by atoms with Crippen LogP contribution in [0.4, 0.5) is 34.1 Å². The number of fused-ring (bicyclic) bond motifs is 14. The van der Waals surface area contributed by atoms with Crippen LogP contribution in [0.25, 0.3) is 42.9 Å². The number of nitrogens with zero attached hydrogens (tertiary/aromatic N) is 2. The summed E-state index contributed by atoms with van der Waals surface area (Å²) in [7, 11) is 0. The Hall–Kier alpha value is -7.89. The molecule has 1 aromatic heterocycles. The largest absolute Gasteiger partial charge is 0.309 e. The molecule has 2 nitrogen and oxygen atoms in total. The Kier molecular flexibility index (Phi) is 9.02. The van der Waals surface area contributed by atoms with Gasteiger partial charge in [-0.15, -0.1) is 11.3 Å². The van der Waals surface area contributed by atoms with E-state index in [4.69, 9.17) is 0 Å². The third-order valence-corrected chi connectivity index (χ3v) is 16.6. The molecule has 11 aromatic rings. The van der Waals surface area contributed by atoms with E-state index >= 15 is 0 Å². The van der Waals surface area contributed by atoms with Gasteiger partial charge < -0.3 is 9.80 Å². The Balaban J connectivity index is 0.950. The van der Waals surface area contributed by atoms with Crippen molar-refractivity contribution >= 4 is 89.0 Å². The highest BCUT2D eigenvalue weighted by atomic mass is 32.2. The molecule has 3 aliphatic rings. The maximum Gasteiger partial charge on any atom is 0.0754 e. The van der Waals surface area contributed by atoms with Crippen molar-refractivity contribution in [2.45, 2.75) is 21.6 Å². The molecule has 0 saturated heterocycles. The average molecular weight is 903 g/mol. The van der Waals surface area contributed by atoms with Crippen molar-refractivity contribution in [2.75, 3.05) is 9.80 Å². The average Bonchev–Trinajstić information content (AvgIpc) is 3.92. The van der Waals surface area contributed by atoms with Gasteiger partial charge in [-0.2, -0.15) is 0 Å². The number of rotatable bonds is 7. The predicted molar refractivity (Wildman–Crippen MR) is 288 cm³/mol. The fourth-order valence-electron chi connectivity index (χ4n) is 11.6. The summed E-state index contributed by atoms with van der Waals surface area (Å²) in [5.41, 5.74) is 19.7. The molecule has 1 atom stereocenters. The molecule has 320 valence electrons. The van der Waals surface area contributed by atoms with Crippen LogP contribution in [0.3, 0.4) is 0 Å². The third kappa shape index (κ3) is 5.84. The van der Waals surface area contributed by atoms with Crippen LogP contribution >= 0.6 is 23.1 Å². The lowest BCUT2D eigenvalue weighted by atomic mass is 9.64. The molecule has 1 spiro atoms. The minimum atomic E-state index is -0.522. The van der Waals surface area contributed by atoms with Crippen molar-refractivity contribution in [1.29, 1.82) is 0 Å². The summed E-state index contributed by atoms with van der Waals surface area (Å²) in [6, 6.07) is 87.7. The molecule has 10 aromatic carbocycles. The lowest BCUT2D eigenvalue weighted by Crippen LogP contribution is -2.37. The zero-order chi connectivity index (χ0) is 44.8. The number of hydrogen-bond donors (Lipinski definition) is 0. The molecule has 3 heterocycles. The Labute approximate surface area is 404 Å². The summed E-state index contributed by atoms with van der Waals surface area (Å²) >= 11 is 3.79. The van der Waals surface area contributed by atoms with Gasteiger partial charge in [0.25, 0.3) is 0 Å².